The molecule has 0 saturated carbocycles. The van der Waals surface area contributed by atoms with Crippen molar-refractivity contribution in [2.75, 3.05) is 20.1 Å². The molecule has 4 heteroatoms. The number of rotatable bonds is 5. The van der Waals surface area contributed by atoms with E-state index in [1.54, 1.807) is 6.07 Å². The van der Waals surface area contributed by atoms with E-state index in [4.69, 9.17) is 0 Å². The molecule has 0 amide bonds. The Morgan fingerprint density at radius 2 is 2.14 bits per heavy atom. The highest BCUT2D eigenvalue weighted by molar-refractivity contribution is 9.10. The quantitative estimate of drug-likeness (QED) is 0.791. The van der Waals surface area contributed by atoms with Gasteiger partial charge in [-0.15, -0.1) is 0 Å². The van der Waals surface area contributed by atoms with E-state index in [0.29, 0.717) is 11.0 Å². The summed E-state index contributed by atoms with van der Waals surface area (Å²) in [6.45, 7) is 2.50. The van der Waals surface area contributed by atoms with Gasteiger partial charge in [-0.25, -0.2) is 4.39 Å². The molecule has 1 aromatic carbocycles. The summed E-state index contributed by atoms with van der Waals surface area (Å²) in [5.41, 5.74) is 0.960. The molecule has 2 nitrogen and oxygen atoms in total. The molecule has 2 N–H and O–H groups in total. The van der Waals surface area contributed by atoms with E-state index in [1.165, 1.54) is 6.07 Å². The van der Waals surface area contributed by atoms with Gasteiger partial charge in [-0.1, -0.05) is 6.07 Å². The van der Waals surface area contributed by atoms with Crippen LogP contribution < -0.4 is 10.6 Å². The second-order valence-corrected chi connectivity index (χ2v) is 3.88. The van der Waals surface area contributed by atoms with E-state index in [2.05, 4.69) is 26.6 Å². The van der Waals surface area contributed by atoms with E-state index in [0.717, 1.165) is 18.7 Å². The zero-order chi connectivity index (χ0) is 10.4. The van der Waals surface area contributed by atoms with Crippen LogP contribution in [-0.4, -0.2) is 20.1 Å². The first-order chi connectivity index (χ1) is 6.74. The maximum atomic E-state index is 13.1. The lowest BCUT2D eigenvalue weighted by Crippen LogP contribution is -2.24. The Hall–Kier alpha value is -0.450. The third kappa shape index (κ3) is 3.74. The van der Waals surface area contributed by atoms with Gasteiger partial charge >= 0.3 is 0 Å². The standard InChI is InChI=1S/C10H14BrFN2/c1-13-4-5-14-7-8-2-3-9(11)10(12)6-8/h2-3,6,13-14H,4-5,7H2,1H3. The van der Waals surface area contributed by atoms with Gasteiger partial charge in [-0.05, 0) is 40.7 Å². The molecule has 1 aromatic rings. The maximum Gasteiger partial charge on any atom is 0.137 e. The molecule has 0 atom stereocenters. The predicted molar refractivity (Wildman–Crippen MR) is 59.7 cm³/mol. The second kappa shape index (κ2) is 6.11. The molecule has 0 aliphatic carbocycles. The number of nitrogens with one attached hydrogen (secondary N) is 2. The molecule has 0 spiro atoms. The van der Waals surface area contributed by atoms with Crippen LogP contribution in [0.25, 0.3) is 0 Å². The fraction of sp³-hybridized carbons (Fsp3) is 0.400. The first-order valence-corrected chi connectivity index (χ1v) is 5.32. The minimum Gasteiger partial charge on any atom is -0.318 e. The minimum atomic E-state index is -0.210. The zero-order valence-corrected chi connectivity index (χ0v) is 9.70. The van der Waals surface area contributed by atoms with E-state index in [1.807, 2.05) is 13.1 Å². The van der Waals surface area contributed by atoms with Gasteiger partial charge < -0.3 is 10.6 Å². The molecule has 0 saturated heterocycles. The molecule has 14 heavy (non-hydrogen) atoms. The lowest BCUT2D eigenvalue weighted by Gasteiger charge is -2.04. The molecule has 0 aliphatic heterocycles. The molecule has 0 heterocycles. The molecule has 1 rings (SSSR count). The number of benzene rings is 1. The number of likely N-dealkylation sites (N-methyl/N-ethyl adjacent to an activating group) is 1. The van der Waals surface area contributed by atoms with Crippen molar-refractivity contribution in [3.05, 3.63) is 34.1 Å². The van der Waals surface area contributed by atoms with Gasteiger partial charge in [0.15, 0.2) is 0 Å². The van der Waals surface area contributed by atoms with Crippen molar-refractivity contribution in [2.24, 2.45) is 0 Å². The van der Waals surface area contributed by atoms with Crippen LogP contribution >= 0.6 is 15.9 Å². The molecule has 78 valence electrons. The zero-order valence-electron chi connectivity index (χ0n) is 8.11. The topological polar surface area (TPSA) is 24.1 Å². The highest BCUT2D eigenvalue weighted by Crippen LogP contribution is 2.15. The van der Waals surface area contributed by atoms with Gasteiger partial charge in [0.1, 0.15) is 5.82 Å². The summed E-state index contributed by atoms with van der Waals surface area (Å²) in [7, 11) is 1.90. The fourth-order valence-electron chi connectivity index (χ4n) is 1.10. The lowest BCUT2D eigenvalue weighted by atomic mass is 10.2. The summed E-state index contributed by atoms with van der Waals surface area (Å²) in [5.74, 6) is -0.210. The summed E-state index contributed by atoms with van der Waals surface area (Å²) in [6, 6.07) is 5.17. The Bertz CT molecular complexity index is 291. The largest absolute Gasteiger partial charge is 0.318 e. The lowest BCUT2D eigenvalue weighted by molar-refractivity contribution is 0.611. The van der Waals surface area contributed by atoms with Crippen molar-refractivity contribution in [2.45, 2.75) is 6.54 Å². The average Bonchev–Trinajstić information content (AvgIpc) is 2.18. The number of hydrogen-bond donors (Lipinski definition) is 2. The van der Waals surface area contributed by atoms with Gasteiger partial charge in [0.05, 0.1) is 4.47 Å². The molecule has 0 unspecified atom stereocenters. The van der Waals surface area contributed by atoms with Crippen LogP contribution in [-0.2, 0) is 6.54 Å². The Kier molecular flexibility index (Phi) is 5.07. The number of halogens is 2. The third-order valence-electron chi connectivity index (χ3n) is 1.86. The Labute approximate surface area is 92.0 Å². The predicted octanol–water partition coefficient (Wildman–Crippen LogP) is 1.90. The smallest absolute Gasteiger partial charge is 0.137 e. The highest BCUT2D eigenvalue weighted by Gasteiger charge is 1.99. The van der Waals surface area contributed by atoms with Crippen LogP contribution in [0.15, 0.2) is 22.7 Å². The first kappa shape index (κ1) is 11.6. The monoisotopic (exact) mass is 260 g/mol. The molecular weight excluding hydrogens is 247 g/mol. The summed E-state index contributed by atoms with van der Waals surface area (Å²) in [4.78, 5) is 0. The molecule has 0 radical (unpaired) electrons. The van der Waals surface area contributed by atoms with E-state index in [-0.39, 0.29) is 5.82 Å². The Balaban J connectivity index is 2.39. The fourth-order valence-corrected chi connectivity index (χ4v) is 1.34. The van der Waals surface area contributed by atoms with Crippen LogP contribution in [0.4, 0.5) is 4.39 Å². The van der Waals surface area contributed by atoms with Gasteiger partial charge in [0, 0.05) is 19.6 Å². The minimum absolute atomic E-state index is 0.210. The molecular formula is C10H14BrFN2. The second-order valence-electron chi connectivity index (χ2n) is 3.03. The average molecular weight is 261 g/mol. The molecule has 0 fully saturated rings. The Morgan fingerprint density at radius 1 is 1.36 bits per heavy atom. The SMILES string of the molecule is CNCCNCc1ccc(Br)c(F)c1. The van der Waals surface area contributed by atoms with Gasteiger partial charge in [0.2, 0.25) is 0 Å². The van der Waals surface area contributed by atoms with Crippen LogP contribution in [0.3, 0.4) is 0 Å². The molecule has 0 aliphatic rings. The van der Waals surface area contributed by atoms with Crippen molar-refractivity contribution in [1.82, 2.24) is 10.6 Å². The van der Waals surface area contributed by atoms with Gasteiger partial charge in [-0.2, -0.15) is 0 Å². The van der Waals surface area contributed by atoms with Gasteiger partial charge in [-0.3, -0.25) is 0 Å². The van der Waals surface area contributed by atoms with Crippen molar-refractivity contribution >= 4 is 15.9 Å². The summed E-state index contributed by atoms with van der Waals surface area (Å²) in [6.07, 6.45) is 0. The third-order valence-corrected chi connectivity index (χ3v) is 2.51. The van der Waals surface area contributed by atoms with E-state index in [9.17, 15) is 4.39 Å². The van der Waals surface area contributed by atoms with Gasteiger partial charge in [0.25, 0.3) is 0 Å². The summed E-state index contributed by atoms with van der Waals surface area (Å²) in [5, 5.41) is 6.24. The first-order valence-electron chi connectivity index (χ1n) is 4.53. The maximum absolute atomic E-state index is 13.1. The van der Waals surface area contributed by atoms with Crippen molar-refractivity contribution in [1.29, 1.82) is 0 Å². The van der Waals surface area contributed by atoms with Crippen LogP contribution in [0, 0.1) is 5.82 Å². The van der Waals surface area contributed by atoms with Crippen LogP contribution in [0.2, 0.25) is 0 Å². The molecule has 0 aromatic heterocycles. The molecule has 0 bridgehead atoms. The van der Waals surface area contributed by atoms with Crippen molar-refractivity contribution < 1.29 is 4.39 Å². The van der Waals surface area contributed by atoms with Crippen LogP contribution in [0.1, 0.15) is 5.56 Å². The van der Waals surface area contributed by atoms with E-state index >= 15 is 0 Å². The van der Waals surface area contributed by atoms with E-state index < -0.39 is 0 Å². The summed E-state index contributed by atoms with van der Waals surface area (Å²) >= 11 is 3.12. The Morgan fingerprint density at radius 3 is 2.79 bits per heavy atom. The van der Waals surface area contributed by atoms with Crippen molar-refractivity contribution in [3.63, 3.8) is 0 Å². The number of hydrogen-bond acceptors (Lipinski definition) is 2. The highest BCUT2D eigenvalue weighted by atomic mass is 79.9. The summed E-state index contributed by atoms with van der Waals surface area (Å²) < 4.78 is 13.6. The normalized spacial score (nSPS) is 10.5. The van der Waals surface area contributed by atoms with Crippen LogP contribution in [0.5, 0.6) is 0 Å². The van der Waals surface area contributed by atoms with Crippen molar-refractivity contribution in [3.8, 4) is 0 Å².